The van der Waals surface area contributed by atoms with Crippen LogP contribution in [0.3, 0.4) is 0 Å². The third kappa shape index (κ3) is 2.60. The fraction of sp³-hybridized carbons (Fsp3) is 0.125. The van der Waals surface area contributed by atoms with Crippen molar-refractivity contribution in [3.63, 3.8) is 0 Å². The van der Waals surface area contributed by atoms with Crippen molar-refractivity contribution in [1.29, 1.82) is 0 Å². The van der Waals surface area contributed by atoms with Gasteiger partial charge < -0.3 is 0 Å². The topological polar surface area (TPSA) is 17.1 Å². The van der Waals surface area contributed by atoms with E-state index < -0.39 is 0 Å². The van der Waals surface area contributed by atoms with Crippen LogP contribution in [-0.4, -0.2) is 11.5 Å². The van der Waals surface area contributed by atoms with Crippen molar-refractivity contribution >= 4 is 28.2 Å². The highest BCUT2D eigenvalue weighted by Gasteiger charge is 2.01. The van der Waals surface area contributed by atoms with Crippen LogP contribution in [0.2, 0.25) is 0 Å². The Kier molecular flexibility index (Phi) is 3.52. The summed E-state index contributed by atoms with van der Waals surface area (Å²) in [7, 11) is 1.25. The average molecular weight is 184 g/mol. The summed E-state index contributed by atoms with van der Waals surface area (Å²) in [4.78, 5) is 11.2. The number of hydrogen-bond acceptors (Lipinski definition) is 3. The minimum Gasteiger partial charge on any atom is -0.293 e. The second-order valence-corrected chi connectivity index (χ2v) is 3.38. The summed E-state index contributed by atoms with van der Waals surface area (Å²) in [5, 5.41) is 0. The Morgan fingerprint density at radius 3 is 2.55 bits per heavy atom. The van der Waals surface area contributed by atoms with Crippen LogP contribution in [0, 0.1) is 0 Å². The zero-order valence-electron chi connectivity index (χ0n) is 5.86. The molecule has 0 N–H and O–H groups in total. The normalized spacial score (nSPS) is 9.55. The average Bonchev–Trinajstić information content (AvgIpc) is 2.07. The van der Waals surface area contributed by atoms with Gasteiger partial charge in [-0.1, -0.05) is 41.1 Å². The van der Waals surface area contributed by atoms with Crippen LogP contribution in [0.1, 0.15) is 10.4 Å². The van der Waals surface area contributed by atoms with Gasteiger partial charge in [0.1, 0.15) is 0 Å². The highest BCUT2D eigenvalue weighted by Crippen LogP contribution is 2.09. The van der Waals surface area contributed by atoms with Crippen LogP contribution in [0.4, 0.5) is 0 Å². The molecule has 0 saturated carbocycles. The van der Waals surface area contributed by atoms with Gasteiger partial charge in [0.15, 0.2) is 5.78 Å². The first-order valence-corrected chi connectivity index (χ1v) is 5.23. The number of benzene rings is 1. The molecule has 11 heavy (non-hydrogen) atoms. The Morgan fingerprint density at radius 1 is 1.36 bits per heavy atom. The lowest BCUT2D eigenvalue weighted by atomic mass is 10.2. The molecule has 3 heteroatoms. The Bertz CT molecular complexity index is 233. The third-order valence-corrected chi connectivity index (χ3v) is 2.07. The predicted octanol–water partition coefficient (Wildman–Crippen LogP) is 2.45. The molecular formula is C8H8OS2. The maximum atomic E-state index is 11.2. The zero-order valence-corrected chi connectivity index (χ0v) is 7.57. The Labute approximate surface area is 75.0 Å². The van der Waals surface area contributed by atoms with Crippen molar-refractivity contribution in [3.05, 3.63) is 35.9 Å². The maximum absolute atomic E-state index is 11.2. The largest absolute Gasteiger partial charge is 0.293 e. The molecule has 0 aromatic heterocycles. The number of Topliss-reactive ketones (excluding diaryl/α,β-unsaturated/α-hetero) is 1. The summed E-state index contributed by atoms with van der Waals surface area (Å²) in [5.41, 5.74) is 0.758. The molecule has 58 valence electrons. The lowest BCUT2D eigenvalue weighted by Crippen LogP contribution is -1.99. The van der Waals surface area contributed by atoms with E-state index in [-0.39, 0.29) is 5.78 Å². The summed E-state index contributed by atoms with van der Waals surface area (Å²) < 4.78 is 0. The molecule has 0 aliphatic rings. The van der Waals surface area contributed by atoms with E-state index in [1.807, 2.05) is 30.3 Å². The summed E-state index contributed by atoms with van der Waals surface area (Å²) in [6.45, 7) is 0. The molecule has 0 fully saturated rings. The molecule has 0 bridgehead atoms. The van der Waals surface area contributed by atoms with Crippen molar-refractivity contribution in [3.8, 4) is 0 Å². The predicted molar refractivity (Wildman–Crippen MR) is 52.2 cm³/mol. The quantitative estimate of drug-likeness (QED) is 0.441. The smallest absolute Gasteiger partial charge is 0.173 e. The second kappa shape index (κ2) is 4.46. The van der Waals surface area contributed by atoms with Crippen molar-refractivity contribution in [2.45, 2.75) is 0 Å². The Hall–Kier alpha value is -0.410. The third-order valence-electron chi connectivity index (χ3n) is 1.29. The molecule has 0 radical (unpaired) electrons. The van der Waals surface area contributed by atoms with Crippen LogP contribution >= 0.6 is 22.5 Å². The van der Waals surface area contributed by atoms with Crippen molar-refractivity contribution in [2.24, 2.45) is 0 Å². The molecule has 0 atom stereocenters. The molecule has 1 aromatic rings. The van der Waals surface area contributed by atoms with Gasteiger partial charge >= 0.3 is 0 Å². The van der Waals surface area contributed by atoms with E-state index in [2.05, 4.69) is 11.7 Å². The summed E-state index contributed by atoms with van der Waals surface area (Å²) >= 11 is 3.91. The van der Waals surface area contributed by atoms with Gasteiger partial charge in [0.05, 0.1) is 5.75 Å². The van der Waals surface area contributed by atoms with Gasteiger partial charge in [-0.25, -0.2) is 0 Å². The van der Waals surface area contributed by atoms with Gasteiger partial charge in [0.25, 0.3) is 0 Å². The molecule has 0 aliphatic carbocycles. The highest BCUT2D eigenvalue weighted by atomic mass is 33.1. The monoisotopic (exact) mass is 184 g/mol. The van der Waals surface area contributed by atoms with Gasteiger partial charge in [0.2, 0.25) is 0 Å². The molecule has 0 spiro atoms. The molecule has 0 aliphatic heterocycles. The van der Waals surface area contributed by atoms with Crippen LogP contribution < -0.4 is 0 Å². The number of carbonyl (C=O) groups is 1. The van der Waals surface area contributed by atoms with E-state index in [0.717, 1.165) is 5.56 Å². The fourth-order valence-electron chi connectivity index (χ4n) is 0.766. The Morgan fingerprint density at radius 2 is 2.00 bits per heavy atom. The van der Waals surface area contributed by atoms with Gasteiger partial charge in [-0.2, -0.15) is 0 Å². The summed E-state index contributed by atoms with van der Waals surface area (Å²) in [6, 6.07) is 9.23. The minimum atomic E-state index is 0.130. The van der Waals surface area contributed by atoms with Crippen LogP contribution in [0.5, 0.6) is 0 Å². The van der Waals surface area contributed by atoms with Gasteiger partial charge in [-0.3, -0.25) is 4.79 Å². The number of hydrogen-bond donors (Lipinski definition) is 1. The molecule has 0 unspecified atom stereocenters. The maximum Gasteiger partial charge on any atom is 0.173 e. The number of ketones is 1. The summed E-state index contributed by atoms with van der Waals surface area (Å²) in [6.07, 6.45) is 0. The van der Waals surface area contributed by atoms with Crippen LogP contribution in [-0.2, 0) is 0 Å². The first kappa shape index (κ1) is 8.68. The molecule has 0 heterocycles. The molecule has 1 aromatic carbocycles. The van der Waals surface area contributed by atoms with Crippen molar-refractivity contribution in [1.82, 2.24) is 0 Å². The molecule has 0 saturated heterocycles. The number of rotatable bonds is 3. The molecule has 1 nitrogen and oxygen atoms in total. The Balaban J connectivity index is 2.69. The summed E-state index contributed by atoms with van der Waals surface area (Å²) in [5.74, 6) is 0.568. The van der Waals surface area contributed by atoms with E-state index in [4.69, 9.17) is 0 Å². The van der Waals surface area contributed by atoms with E-state index in [1.54, 1.807) is 0 Å². The minimum absolute atomic E-state index is 0.130. The number of thiol groups is 1. The van der Waals surface area contributed by atoms with Gasteiger partial charge in [-0.15, -0.1) is 11.7 Å². The molecular weight excluding hydrogens is 176 g/mol. The zero-order chi connectivity index (χ0) is 8.10. The van der Waals surface area contributed by atoms with E-state index >= 15 is 0 Å². The first-order chi connectivity index (χ1) is 5.34. The van der Waals surface area contributed by atoms with Crippen LogP contribution in [0.15, 0.2) is 30.3 Å². The lowest BCUT2D eigenvalue weighted by Gasteiger charge is -1.95. The standard InChI is InChI=1S/C8H8OS2/c9-8(6-11-10)7-4-2-1-3-5-7/h1-5,10H,6H2. The first-order valence-electron chi connectivity index (χ1n) is 3.19. The van der Waals surface area contributed by atoms with Gasteiger partial charge in [-0.05, 0) is 0 Å². The second-order valence-electron chi connectivity index (χ2n) is 2.06. The van der Waals surface area contributed by atoms with E-state index in [0.29, 0.717) is 5.75 Å². The molecule has 1 rings (SSSR count). The van der Waals surface area contributed by atoms with Crippen LogP contribution in [0.25, 0.3) is 0 Å². The van der Waals surface area contributed by atoms with Gasteiger partial charge in [0, 0.05) is 5.56 Å². The lowest BCUT2D eigenvalue weighted by molar-refractivity contribution is 0.102. The molecule has 0 amide bonds. The fourth-order valence-corrected chi connectivity index (χ4v) is 1.40. The number of carbonyl (C=O) groups excluding carboxylic acids is 1. The highest BCUT2D eigenvalue weighted by molar-refractivity contribution is 8.68. The van der Waals surface area contributed by atoms with E-state index in [1.165, 1.54) is 10.8 Å². The van der Waals surface area contributed by atoms with E-state index in [9.17, 15) is 4.79 Å². The van der Waals surface area contributed by atoms with Crippen molar-refractivity contribution < 1.29 is 4.79 Å². The van der Waals surface area contributed by atoms with Crippen molar-refractivity contribution in [2.75, 3.05) is 5.75 Å². The SMILES string of the molecule is O=C(CSS)c1ccccc1.